The summed E-state index contributed by atoms with van der Waals surface area (Å²) in [7, 11) is 0. The van der Waals surface area contributed by atoms with Crippen molar-refractivity contribution in [2.75, 3.05) is 13.1 Å². The molecule has 130 valence electrons. The second-order valence-corrected chi connectivity index (χ2v) is 5.59. The van der Waals surface area contributed by atoms with Crippen molar-refractivity contribution in [3.63, 3.8) is 0 Å². The molecule has 0 aliphatic carbocycles. The molecule has 0 unspecified atom stereocenters. The van der Waals surface area contributed by atoms with E-state index >= 15 is 0 Å². The van der Waals surface area contributed by atoms with Crippen molar-refractivity contribution in [2.24, 2.45) is 5.73 Å². The molecule has 0 aliphatic rings. The molecule has 10 heteroatoms. The Kier molecular flexibility index (Phi) is 8.13. The number of nitrogens with zero attached hydrogens (tertiary/aromatic N) is 1. The lowest BCUT2D eigenvalue weighted by Crippen LogP contribution is -2.41. The average Bonchev–Trinajstić information content (AvgIpc) is 3.02. The van der Waals surface area contributed by atoms with Crippen molar-refractivity contribution >= 4 is 42.1 Å². The van der Waals surface area contributed by atoms with Crippen molar-refractivity contribution in [2.45, 2.75) is 19.8 Å². The molecular weight excluding hydrogens is 371 g/mol. The summed E-state index contributed by atoms with van der Waals surface area (Å²) in [6.07, 6.45) is 0. The summed E-state index contributed by atoms with van der Waals surface area (Å²) in [5.41, 5.74) is 5.39. The molecule has 0 atom stereocenters. The molecule has 3 N–H and O–H groups in total. The van der Waals surface area contributed by atoms with E-state index in [4.69, 9.17) is 10.2 Å². The Labute approximate surface area is 148 Å². The number of rotatable bonds is 5. The zero-order valence-corrected chi connectivity index (χ0v) is 14.8. The van der Waals surface area contributed by atoms with Gasteiger partial charge in [-0.05, 0) is 26.0 Å². The van der Waals surface area contributed by atoms with Gasteiger partial charge in [0.1, 0.15) is 10.6 Å². The first-order valence-electron chi connectivity index (χ1n) is 6.23. The number of carbonyl (C=O) groups excluding carboxylic acids is 1. The van der Waals surface area contributed by atoms with Gasteiger partial charge >= 0.3 is 0 Å². The van der Waals surface area contributed by atoms with Crippen molar-refractivity contribution in [1.29, 1.82) is 0 Å². The predicted molar refractivity (Wildman–Crippen MR) is 90.1 cm³/mol. The highest BCUT2D eigenvalue weighted by molar-refractivity contribution is 7.17. The van der Waals surface area contributed by atoms with Crippen LogP contribution in [-0.2, 0) is 0 Å². The Morgan fingerprint density at radius 3 is 2.57 bits per heavy atom. The van der Waals surface area contributed by atoms with Crippen LogP contribution in [0.5, 0.6) is 0 Å². The molecule has 2 rings (SSSR count). The lowest BCUT2D eigenvalue weighted by molar-refractivity contribution is 0.0119. The first-order valence-corrected chi connectivity index (χ1v) is 7.04. The summed E-state index contributed by atoms with van der Waals surface area (Å²) in [5, 5.41) is 2.71. The van der Waals surface area contributed by atoms with E-state index in [2.05, 4.69) is 10.3 Å². The van der Waals surface area contributed by atoms with E-state index in [-0.39, 0.29) is 29.7 Å². The highest BCUT2D eigenvalue weighted by Crippen LogP contribution is 2.29. The van der Waals surface area contributed by atoms with E-state index in [1.807, 2.05) is 0 Å². The Morgan fingerprint density at radius 2 is 2.04 bits per heavy atom. The normalized spacial score (nSPS) is 10.7. The second-order valence-electron chi connectivity index (χ2n) is 4.59. The molecular formula is C13H17Cl2F2N3O2S. The van der Waals surface area contributed by atoms with Crippen molar-refractivity contribution in [1.82, 2.24) is 10.3 Å². The number of hydrogen-bond donors (Lipinski definition) is 2. The quantitative estimate of drug-likeness (QED) is 0.825. The third kappa shape index (κ3) is 5.42. The lowest BCUT2D eigenvalue weighted by atomic mass is 10.3. The number of thiazole rings is 1. The second kappa shape index (κ2) is 8.58. The number of aryl methyl sites for hydroxylation is 2. The topological polar surface area (TPSA) is 81.2 Å². The SMILES string of the molecule is Cc1ccc(-c2nc(C)c(C(=O)NCC(F)(F)CN)s2)o1.Cl.Cl. The molecule has 0 fully saturated rings. The summed E-state index contributed by atoms with van der Waals surface area (Å²) in [5.74, 6) is -2.43. The average molecular weight is 388 g/mol. The van der Waals surface area contributed by atoms with Crippen LogP contribution in [0.4, 0.5) is 8.78 Å². The molecule has 0 radical (unpaired) electrons. The number of nitrogens with two attached hydrogens (primary N) is 1. The molecule has 2 heterocycles. The van der Waals surface area contributed by atoms with Gasteiger partial charge in [-0.25, -0.2) is 13.8 Å². The fourth-order valence-corrected chi connectivity index (χ4v) is 2.57. The first-order chi connectivity index (χ1) is 9.82. The Bertz CT molecular complexity index is 661. The van der Waals surface area contributed by atoms with Crippen LogP contribution in [0, 0.1) is 13.8 Å². The van der Waals surface area contributed by atoms with E-state index in [0.29, 0.717) is 16.5 Å². The minimum atomic E-state index is -3.12. The van der Waals surface area contributed by atoms with Crippen LogP contribution in [0.1, 0.15) is 21.1 Å². The molecule has 0 saturated carbocycles. The lowest BCUT2D eigenvalue weighted by Gasteiger charge is -2.13. The minimum Gasteiger partial charge on any atom is -0.459 e. The smallest absolute Gasteiger partial charge is 0.277 e. The maximum Gasteiger partial charge on any atom is 0.277 e. The van der Waals surface area contributed by atoms with Crippen LogP contribution in [0.2, 0.25) is 0 Å². The molecule has 2 aromatic rings. The molecule has 1 amide bonds. The number of furan rings is 1. The van der Waals surface area contributed by atoms with Crippen LogP contribution >= 0.6 is 36.2 Å². The number of carbonyl (C=O) groups is 1. The maximum atomic E-state index is 13.0. The largest absolute Gasteiger partial charge is 0.459 e. The molecule has 0 spiro atoms. The third-order valence-electron chi connectivity index (χ3n) is 2.76. The number of halogens is 4. The fourth-order valence-electron chi connectivity index (χ4n) is 1.62. The van der Waals surface area contributed by atoms with Gasteiger partial charge in [0.25, 0.3) is 11.8 Å². The summed E-state index contributed by atoms with van der Waals surface area (Å²) in [4.78, 5) is 16.4. The predicted octanol–water partition coefficient (Wildman–Crippen LogP) is 3.19. The molecule has 5 nitrogen and oxygen atoms in total. The third-order valence-corrected chi connectivity index (χ3v) is 3.93. The van der Waals surface area contributed by atoms with Gasteiger partial charge in [0, 0.05) is 0 Å². The van der Waals surface area contributed by atoms with Crippen LogP contribution in [-0.4, -0.2) is 29.9 Å². The van der Waals surface area contributed by atoms with Gasteiger partial charge in [0.15, 0.2) is 10.8 Å². The number of aromatic nitrogens is 1. The van der Waals surface area contributed by atoms with E-state index in [1.165, 1.54) is 0 Å². The van der Waals surface area contributed by atoms with Gasteiger partial charge in [0.05, 0.1) is 18.8 Å². The highest BCUT2D eigenvalue weighted by Gasteiger charge is 2.28. The number of hydrogen-bond acceptors (Lipinski definition) is 5. The van der Waals surface area contributed by atoms with E-state index < -0.39 is 24.9 Å². The summed E-state index contributed by atoms with van der Waals surface area (Å²) in [6, 6.07) is 3.53. The van der Waals surface area contributed by atoms with Crippen LogP contribution < -0.4 is 11.1 Å². The summed E-state index contributed by atoms with van der Waals surface area (Å²) >= 11 is 1.10. The van der Waals surface area contributed by atoms with Crippen LogP contribution in [0.25, 0.3) is 10.8 Å². The van der Waals surface area contributed by atoms with Crippen LogP contribution in [0.15, 0.2) is 16.5 Å². The van der Waals surface area contributed by atoms with Gasteiger partial charge in [-0.1, -0.05) is 0 Å². The van der Waals surface area contributed by atoms with Crippen LogP contribution in [0.3, 0.4) is 0 Å². The number of alkyl halides is 2. The zero-order chi connectivity index (χ0) is 15.6. The Hall–Kier alpha value is -1.22. The number of amides is 1. The molecule has 0 aliphatic heterocycles. The number of nitrogens with one attached hydrogen (secondary N) is 1. The molecule has 23 heavy (non-hydrogen) atoms. The summed E-state index contributed by atoms with van der Waals surface area (Å²) in [6.45, 7) is 1.83. The minimum absolute atomic E-state index is 0. The molecule has 2 aromatic heterocycles. The zero-order valence-electron chi connectivity index (χ0n) is 12.4. The van der Waals surface area contributed by atoms with Crippen molar-refractivity contribution < 1.29 is 18.0 Å². The first kappa shape index (κ1) is 21.8. The Balaban J connectivity index is 0.00000242. The van der Waals surface area contributed by atoms with Gasteiger partial charge in [-0.2, -0.15) is 0 Å². The van der Waals surface area contributed by atoms with Gasteiger partial charge in [-0.15, -0.1) is 36.2 Å². The monoisotopic (exact) mass is 387 g/mol. The maximum absolute atomic E-state index is 13.0. The highest BCUT2D eigenvalue weighted by atomic mass is 35.5. The van der Waals surface area contributed by atoms with E-state index in [9.17, 15) is 13.6 Å². The van der Waals surface area contributed by atoms with Gasteiger partial charge in [0.2, 0.25) is 0 Å². The van der Waals surface area contributed by atoms with Gasteiger partial charge < -0.3 is 15.5 Å². The van der Waals surface area contributed by atoms with Crippen molar-refractivity contribution in [3.05, 3.63) is 28.5 Å². The molecule has 0 saturated heterocycles. The van der Waals surface area contributed by atoms with Gasteiger partial charge in [-0.3, -0.25) is 4.79 Å². The standard InChI is InChI=1S/C13H15F2N3O2S.2ClH/c1-7-3-4-9(20-7)12-18-8(2)10(21-12)11(19)17-6-13(14,15)5-16;;/h3-4H,5-6,16H2,1-2H3,(H,17,19);2*1H. The summed E-state index contributed by atoms with van der Waals surface area (Å²) < 4.78 is 31.5. The Morgan fingerprint density at radius 1 is 1.39 bits per heavy atom. The van der Waals surface area contributed by atoms with E-state index in [0.717, 1.165) is 17.1 Å². The molecule has 0 aromatic carbocycles. The van der Waals surface area contributed by atoms with Crippen molar-refractivity contribution in [3.8, 4) is 10.8 Å². The fraction of sp³-hybridized carbons (Fsp3) is 0.385. The molecule has 0 bridgehead atoms. The van der Waals surface area contributed by atoms with E-state index in [1.54, 1.807) is 26.0 Å².